The van der Waals surface area contributed by atoms with Crippen LogP contribution in [0.5, 0.6) is 0 Å². The van der Waals surface area contributed by atoms with Gasteiger partial charge in [0.25, 0.3) is 0 Å². The number of aliphatic hydroxyl groups excluding tert-OH is 1. The lowest BCUT2D eigenvalue weighted by molar-refractivity contribution is -0.157. The molecule has 7 nitrogen and oxygen atoms in total. The number of carbonyl (C=O) groups excluding carboxylic acids is 2. The third-order valence-electron chi connectivity index (χ3n) is 5.76. The molecule has 1 saturated carbocycles. The fourth-order valence-electron chi connectivity index (χ4n) is 3.91. The molecule has 0 aromatic heterocycles. The molecule has 0 radical (unpaired) electrons. The summed E-state index contributed by atoms with van der Waals surface area (Å²) in [5.74, 6) is -1.74. The first kappa shape index (κ1) is 26.9. The Morgan fingerprint density at radius 3 is 2.56 bits per heavy atom. The van der Waals surface area contributed by atoms with E-state index in [4.69, 9.17) is 38.4 Å². The van der Waals surface area contributed by atoms with E-state index in [0.29, 0.717) is 19.6 Å². The van der Waals surface area contributed by atoms with Gasteiger partial charge in [0, 0.05) is 20.1 Å². The SMILES string of the molecule is CCOC(=O)[C@@H](Cc1ccccc1)N(C)C(=O)C1CC(Cl)C(OCCCCN)C(Cl)C1O. The molecule has 9 heteroatoms. The Morgan fingerprint density at radius 2 is 1.94 bits per heavy atom. The van der Waals surface area contributed by atoms with Crippen LogP contribution in [-0.4, -0.2) is 77.7 Å². The molecule has 6 atom stereocenters. The summed E-state index contributed by atoms with van der Waals surface area (Å²) in [5.41, 5.74) is 6.39. The molecule has 1 aromatic carbocycles. The highest BCUT2D eigenvalue weighted by Crippen LogP contribution is 2.35. The second-order valence-corrected chi connectivity index (χ2v) is 9.10. The van der Waals surface area contributed by atoms with E-state index in [2.05, 4.69) is 0 Å². The van der Waals surface area contributed by atoms with E-state index in [1.807, 2.05) is 30.3 Å². The number of rotatable bonds is 11. The average molecular weight is 489 g/mol. The fourth-order valence-corrected chi connectivity index (χ4v) is 4.83. The molecular weight excluding hydrogens is 455 g/mol. The number of hydrogen-bond donors (Lipinski definition) is 2. The number of esters is 1. The van der Waals surface area contributed by atoms with Crippen LogP contribution in [0, 0.1) is 5.92 Å². The van der Waals surface area contributed by atoms with Gasteiger partial charge in [0.1, 0.15) is 6.04 Å². The van der Waals surface area contributed by atoms with Crippen molar-refractivity contribution < 1.29 is 24.2 Å². The van der Waals surface area contributed by atoms with E-state index < -0.39 is 46.8 Å². The molecule has 1 amide bonds. The summed E-state index contributed by atoms with van der Waals surface area (Å²) in [6, 6.07) is 8.56. The highest BCUT2D eigenvalue weighted by molar-refractivity contribution is 6.25. The molecule has 5 unspecified atom stereocenters. The minimum absolute atomic E-state index is 0.192. The maximum absolute atomic E-state index is 13.3. The Balaban J connectivity index is 2.11. The number of hydrogen-bond acceptors (Lipinski definition) is 6. The summed E-state index contributed by atoms with van der Waals surface area (Å²) < 4.78 is 11.0. The van der Waals surface area contributed by atoms with Gasteiger partial charge in [-0.3, -0.25) is 4.79 Å². The lowest BCUT2D eigenvalue weighted by Crippen LogP contribution is -2.57. The largest absolute Gasteiger partial charge is 0.464 e. The smallest absolute Gasteiger partial charge is 0.329 e. The van der Waals surface area contributed by atoms with Gasteiger partial charge in [0.15, 0.2) is 0 Å². The first-order valence-electron chi connectivity index (χ1n) is 11.1. The van der Waals surface area contributed by atoms with E-state index in [9.17, 15) is 14.7 Å². The van der Waals surface area contributed by atoms with Crippen molar-refractivity contribution in [3.8, 4) is 0 Å². The number of halogens is 2. The third kappa shape index (κ3) is 7.06. The van der Waals surface area contributed by atoms with Gasteiger partial charge in [-0.05, 0) is 38.3 Å². The topological polar surface area (TPSA) is 102 Å². The summed E-state index contributed by atoms with van der Waals surface area (Å²) in [6.07, 6.45) is 0.343. The van der Waals surface area contributed by atoms with Crippen LogP contribution in [0.4, 0.5) is 0 Å². The number of aliphatic hydroxyl groups is 1. The minimum Gasteiger partial charge on any atom is -0.464 e. The monoisotopic (exact) mass is 488 g/mol. The quantitative estimate of drug-likeness (QED) is 0.281. The van der Waals surface area contributed by atoms with Crippen LogP contribution >= 0.6 is 23.2 Å². The molecular formula is C23H34Cl2N2O5. The summed E-state index contributed by atoms with van der Waals surface area (Å²) in [4.78, 5) is 27.3. The van der Waals surface area contributed by atoms with Crippen molar-refractivity contribution in [2.24, 2.45) is 11.7 Å². The number of nitrogens with zero attached hydrogens (tertiary/aromatic N) is 1. The van der Waals surface area contributed by atoms with Crippen molar-refractivity contribution in [2.75, 3.05) is 26.8 Å². The molecule has 1 aromatic rings. The molecule has 180 valence electrons. The molecule has 0 heterocycles. The lowest BCUT2D eigenvalue weighted by Gasteiger charge is -2.41. The molecule has 1 aliphatic rings. The maximum Gasteiger partial charge on any atom is 0.329 e. The number of unbranched alkanes of at least 4 members (excludes halogenated alkanes) is 1. The molecule has 1 aliphatic carbocycles. The molecule has 3 N–H and O–H groups in total. The zero-order valence-electron chi connectivity index (χ0n) is 18.7. The lowest BCUT2D eigenvalue weighted by atomic mass is 9.82. The van der Waals surface area contributed by atoms with Gasteiger partial charge in [-0.25, -0.2) is 4.79 Å². The van der Waals surface area contributed by atoms with Crippen molar-refractivity contribution in [3.63, 3.8) is 0 Å². The third-order valence-corrected chi connectivity index (χ3v) is 6.69. The van der Waals surface area contributed by atoms with Crippen LogP contribution in [-0.2, 0) is 25.5 Å². The van der Waals surface area contributed by atoms with Gasteiger partial charge < -0.3 is 25.2 Å². The van der Waals surface area contributed by atoms with Crippen molar-refractivity contribution >= 4 is 35.1 Å². The van der Waals surface area contributed by atoms with Crippen LogP contribution in [0.3, 0.4) is 0 Å². The van der Waals surface area contributed by atoms with Crippen LogP contribution in [0.1, 0.15) is 31.7 Å². The van der Waals surface area contributed by atoms with Gasteiger partial charge in [-0.1, -0.05) is 30.3 Å². The Kier molecular flexibility index (Phi) is 11.2. The molecule has 32 heavy (non-hydrogen) atoms. The zero-order chi connectivity index (χ0) is 23.7. The molecule has 1 fully saturated rings. The normalized spacial score (nSPS) is 26.4. The fraction of sp³-hybridized carbons (Fsp3) is 0.652. The second-order valence-electron chi connectivity index (χ2n) is 8.03. The van der Waals surface area contributed by atoms with Crippen molar-refractivity contribution in [1.29, 1.82) is 0 Å². The predicted molar refractivity (Wildman–Crippen MR) is 125 cm³/mol. The highest BCUT2D eigenvalue weighted by atomic mass is 35.5. The number of carbonyl (C=O) groups is 2. The second kappa shape index (κ2) is 13.4. The Bertz CT molecular complexity index is 724. The number of likely N-dealkylation sites (N-methyl/N-ethyl adjacent to an activating group) is 1. The van der Waals surface area contributed by atoms with Crippen LogP contribution < -0.4 is 5.73 Å². The number of alkyl halides is 2. The summed E-state index contributed by atoms with van der Waals surface area (Å²) in [5, 5.41) is 9.42. The zero-order valence-corrected chi connectivity index (χ0v) is 20.2. The van der Waals surface area contributed by atoms with Gasteiger partial charge in [-0.2, -0.15) is 0 Å². The Morgan fingerprint density at radius 1 is 1.25 bits per heavy atom. The van der Waals surface area contributed by atoms with Gasteiger partial charge >= 0.3 is 5.97 Å². The maximum atomic E-state index is 13.3. The molecule has 0 spiro atoms. The van der Waals surface area contributed by atoms with E-state index in [-0.39, 0.29) is 13.0 Å². The van der Waals surface area contributed by atoms with Crippen molar-refractivity contribution in [1.82, 2.24) is 4.90 Å². The summed E-state index contributed by atoms with van der Waals surface area (Å²) >= 11 is 13.0. The number of nitrogens with two attached hydrogens (primary N) is 1. The average Bonchev–Trinajstić information content (AvgIpc) is 2.79. The molecule has 0 aliphatic heterocycles. The van der Waals surface area contributed by atoms with E-state index >= 15 is 0 Å². The van der Waals surface area contributed by atoms with Crippen molar-refractivity contribution in [3.05, 3.63) is 35.9 Å². The number of benzene rings is 1. The predicted octanol–water partition coefficient (Wildman–Crippen LogP) is 2.34. The molecule has 0 saturated heterocycles. The first-order valence-corrected chi connectivity index (χ1v) is 11.9. The van der Waals surface area contributed by atoms with E-state index in [1.165, 1.54) is 4.90 Å². The van der Waals surface area contributed by atoms with Crippen molar-refractivity contribution in [2.45, 2.75) is 61.6 Å². The van der Waals surface area contributed by atoms with Gasteiger partial charge in [0.05, 0.1) is 35.5 Å². The van der Waals surface area contributed by atoms with Crippen LogP contribution in [0.15, 0.2) is 30.3 Å². The first-order chi connectivity index (χ1) is 15.3. The van der Waals surface area contributed by atoms with Gasteiger partial charge in [-0.15, -0.1) is 23.2 Å². The van der Waals surface area contributed by atoms with E-state index in [0.717, 1.165) is 18.4 Å². The Hall–Kier alpha value is -1.38. The summed E-state index contributed by atoms with van der Waals surface area (Å²) in [6.45, 7) is 2.92. The minimum atomic E-state index is -1.15. The van der Waals surface area contributed by atoms with Gasteiger partial charge in [0.2, 0.25) is 5.91 Å². The number of ether oxygens (including phenoxy) is 2. The van der Waals surface area contributed by atoms with Crippen LogP contribution in [0.25, 0.3) is 0 Å². The summed E-state index contributed by atoms with van der Waals surface area (Å²) in [7, 11) is 1.54. The van der Waals surface area contributed by atoms with Crippen LogP contribution in [0.2, 0.25) is 0 Å². The van der Waals surface area contributed by atoms with E-state index in [1.54, 1.807) is 14.0 Å². The molecule has 2 rings (SSSR count). The molecule has 0 bridgehead atoms. The number of amides is 1. The highest BCUT2D eigenvalue weighted by Gasteiger charge is 2.48. The Labute approximate surface area is 200 Å². The standard InChI is InChI=1S/C23H34Cl2N2O5/c1-3-31-23(30)18(13-15-9-5-4-6-10-15)27(2)22(29)16-14-17(24)21(19(25)20(16)28)32-12-8-7-11-26/h4-6,9-10,16-21,28H,3,7-8,11-14,26H2,1-2H3/t16?,17?,18-,19?,20?,21?/m1/s1.